The van der Waals surface area contributed by atoms with Gasteiger partial charge < -0.3 is 10.2 Å². The summed E-state index contributed by atoms with van der Waals surface area (Å²) < 4.78 is 56.4. The monoisotopic (exact) mass is 473 g/mol. The quantitative estimate of drug-likeness (QED) is 0.665. The number of sulfone groups is 1. The van der Waals surface area contributed by atoms with E-state index in [4.69, 9.17) is 0 Å². The average molecular weight is 474 g/mol. The lowest BCUT2D eigenvalue weighted by molar-refractivity contribution is 0.336. The molecule has 1 saturated carbocycles. The van der Waals surface area contributed by atoms with E-state index in [-0.39, 0.29) is 21.4 Å². The summed E-state index contributed by atoms with van der Waals surface area (Å²) >= 11 is 0. The third kappa shape index (κ3) is 3.72. The SMILES string of the molecule is O=S1(=O)C(N(CCC2CC2)S(=O)(=O)c2ccccc2)=C(N2CCNCC2)c2ccccc21. The maximum Gasteiger partial charge on any atom is 0.264 e. The number of benzene rings is 2. The van der Waals surface area contributed by atoms with Gasteiger partial charge in [0.1, 0.15) is 0 Å². The smallest absolute Gasteiger partial charge is 0.264 e. The van der Waals surface area contributed by atoms with Gasteiger partial charge in [0, 0.05) is 38.3 Å². The highest BCUT2D eigenvalue weighted by atomic mass is 32.2. The van der Waals surface area contributed by atoms with Crippen LogP contribution in [0, 0.1) is 5.92 Å². The van der Waals surface area contributed by atoms with Gasteiger partial charge in [-0.3, -0.25) is 4.31 Å². The first-order valence-corrected chi connectivity index (χ1v) is 14.0. The molecule has 2 aromatic carbocycles. The van der Waals surface area contributed by atoms with Crippen LogP contribution in [0.15, 0.2) is 69.4 Å². The van der Waals surface area contributed by atoms with Gasteiger partial charge in [-0.25, -0.2) is 16.8 Å². The van der Waals surface area contributed by atoms with Crippen molar-refractivity contribution in [3.63, 3.8) is 0 Å². The zero-order valence-electron chi connectivity index (χ0n) is 17.8. The summed E-state index contributed by atoms with van der Waals surface area (Å²) in [6.45, 7) is 2.81. The molecule has 0 aromatic heterocycles. The van der Waals surface area contributed by atoms with Gasteiger partial charge in [0.05, 0.1) is 15.5 Å². The first kappa shape index (κ1) is 21.5. The van der Waals surface area contributed by atoms with Crippen molar-refractivity contribution in [2.75, 3.05) is 32.7 Å². The van der Waals surface area contributed by atoms with Crippen molar-refractivity contribution in [3.8, 4) is 0 Å². The van der Waals surface area contributed by atoms with Gasteiger partial charge >= 0.3 is 0 Å². The van der Waals surface area contributed by atoms with E-state index in [0.29, 0.717) is 49.8 Å². The fraction of sp³-hybridized carbons (Fsp3) is 0.391. The van der Waals surface area contributed by atoms with E-state index in [1.54, 1.807) is 42.5 Å². The Morgan fingerprint density at radius 3 is 2.31 bits per heavy atom. The van der Waals surface area contributed by atoms with Crippen LogP contribution in [0.5, 0.6) is 0 Å². The molecule has 2 heterocycles. The fourth-order valence-electron chi connectivity index (χ4n) is 4.45. The van der Waals surface area contributed by atoms with Gasteiger partial charge in [0.15, 0.2) is 5.03 Å². The Labute approximate surface area is 189 Å². The zero-order valence-corrected chi connectivity index (χ0v) is 19.4. The van der Waals surface area contributed by atoms with Crippen molar-refractivity contribution in [1.29, 1.82) is 0 Å². The second kappa shape index (κ2) is 8.20. The van der Waals surface area contributed by atoms with E-state index in [1.165, 1.54) is 16.4 Å². The molecule has 32 heavy (non-hydrogen) atoms. The molecule has 2 aliphatic heterocycles. The van der Waals surface area contributed by atoms with Crippen LogP contribution < -0.4 is 5.32 Å². The Balaban J connectivity index is 1.71. The molecule has 2 fully saturated rings. The second-order valence-corrected chi connectivity index (χ2v) is 12.2. The third-order valence-electron chi connectivity index (χ3n) is 6.32. The normalized spacial score (nSPS) is 20.3. The molecular formula is C23H27N3O4S2. The van der Waals surface area contributed by atoms with E-state index in [1.807, 2.05) is 4.90 Å². The molecule has 170 valence electrons. The van der Waals surface area contributed by atoms with Gasteiger partial charge in [-0.05, 0) is 30.5 Å². The molecule has 0 radical (unpaired) electrons. The van der Waals surface area contributed by atoms with Gasteiger partial charge in [-0.15, -0.1) is 0 Å². The Morgan fingerprint density at radius 1 is 0.969 bits per heavy atom. The van der Waals surface area contributed by atoms with Crippen molar-refractivity contribution in [2.45, 2.75) is 29.1 Å². The number of sulfonamides is 1. The van der Waals surface area contributed by atoms with Crippen molar-refractivity contribution in [3.05, 3.63) is 65.2 Å². The molecule has 0 spiro atoms. The van der Waals surface area contributed by atoms with Crippen LogP contribution in [0.1, 0.15) is 24.8 Å². The fourth-order valence-corrected chi connectivity index (χ4v) is 8.21. The lowest BCUT2D eigenvalue weighted by Gasteiger charge is -2.33. The Kier molecular flexibility index (Phi) is 5.51. The number of rotatable bonds is 7. The second-order valence-electron chi connectivity index (χ2n) is 8.51. The predicted octanol–water partition coefficient (Wildman–Crippen LogP) is 2.50. The Hall–Kier alpha value is -2.36. The molecule has 0 unspecified atom stereocenters. The minimum atomic E-state index is -4.06. The third-order valence-corrected chi connectivity index (χ3v) is 10.1. The topological polar surface area (TPSA) is 86.8 Å². The first-order valence-electron chi connectivity index (χ1n) is 11.0. The van der Waals surface area contributed by atoms with Crippen molar-refractivity contribution in [1.82, 2.24) is 14.5 Å². The summed E-state index contributed by atoms with van der Waals surface area (Å²) in [6.07, 6.45) is 2.78. The van der Waals surface area contributed by atoms with E-state index < -0.39 is 19.9 Å². The van der Waals surface area contributed by atoms with Gasteiger partial charge in [-0.1, -0.05) is 49.2 Å². The predicted molar refractivity (Wildman–Crippen MR) is 123 cm³/mol. The van der Waals surface area contributed by atoms with E-state index >= 15 is 0 Å². The van der Waals surface area contributed by atoms with Crippen LogP contribution in [0.4, 0.5) is 0 Å². The van der Waals surface area contributed by atoms with Crippen molar-refractivity contribution in [2.24, 2.45) is 5.92 Å². The summed E-state index contributed by atoms with van der Waals surface area (Å²) in [5, 5.41) is 3.19. The molecule has 1 aliphatic carbocycles. The highest BCUT2D eigenvalue weighted by Gasteiger charge is 2.45. The van der Waals surface area contributed by atoms with Crippen LogP contribution in [-0.4, -0.2) is 58.8 Å². The summed E-state index contributed by atoms with van der Waals surface area (Å²) in [6, 6.07) is 15.0. The lowest BCUT2D eigenvalue weighted by atomic mass is 10.1. The molecule has 0 amide bonds. The van der Waals surface area contributed by atoms with Gasteiger partial charge in [0.2, 0.25) is 9.84 Å². The number of hydrogen-bond acceptors (Lipinski definition) is 6. The van der Waals surface area contributed by atoms with E-state index in [2.05, 4.69) is 5.32 Å². The van der Waals surface area contributed by atoms with Crippen LogP contribution in [0.25, 0.3) is 5.70 Å². The van der Waals surface area contributed by atoms with Crippen LogP contribution in [0.2, 0.25) is 0 Å². The maximum absolute atomic E-state index is 13.8. The van der Waals surface area contributed by atoms with E-state index in [0.717, 1.165) is 12.8 Å². The van der Waals surface area contributed by atoms with Crippen molar-refractivity contribution >= 4 is 25.6 Å². The summed E-state index contributed by atoms with van der Waals surface area (Å²) in [5.41, 5.74) is 1.10. The van der Waals surface area contributed by atoms with E-state index in [9.17, 15) is 16.8 Å². The Morgan fingerprint density at radius 2 is 1.62 bits per heavy atom. The standard InChI is InChI=1S/C23H27N3O4S2/c27-31(28)21-9-5-4-8-20(21)22(25-16-13-24-14-17-25)23(31)26(15-12-18-10-11-18)32(29,30)19-6-2-1-3-7-19/h1-9,18,24H,10-17H2. The number of piperazine rings is 1. The highest BCUT2D eigenvalue weighted by Crippen LogP contribution is 2.45. The lowest BCUT2D eigenvalue weighted by Crippen LogP contribution is -2.44. The molecule has 0 bridgehead atoms. The largest absolute Gasteiger partial charge is 0.366 e. The van der Waals surface area contributed by atoms with Gasteiger partial charge in [-0.2, -0.15) is 0 Å². The number of hydrogen-bond donors (Lipinski definition) is 1. The highest BCUT2D eigenvalue weighted by molar-refractivity contribution is 7.97. The molecule has 7 nitrogen and oxygen atoms in total. The average Bonchev–Trinajstić information content (AvgIpc) is 3.60. The Bertz CT molecular complexity index is 1250. The molecule has 5 rings (SSSR count). The molecule has 2 aromatic rings. The first-order chi connectivity index (χ1) is 15.4. The number of nitrogens with one attached hydrogen (secondary N) is 1. The summed E-state index contributed by atoms with van der Waals surface area (Å²) in [4.78, 5) is 2.30. The molecule has 1 N–H and O–H groups in total. The minimum Gasteiger partial charge on any atom is -0.366 e. The molecule has 0 atom stereocenters. The summed E-state index contributed by atoms with van der Waals surface area (Å²) in [5.74, 6) is 0.457. The van der Waals surface area contributed by atoms with Gasteiger partial charge in [0.25, 0.3) is 10.0 Å². The minimum absolute atomic E-state index is 0.0925. The van der Waals surface area contributed by atoms with Crippen molar-refractivity contribution < 1.29 is 16.8 Å². The van der Waals surface area contributed by atoms with Crippen LogP contribution in [-0.2, 0) is 19.9 Å². The molecule has 1 saturated heterocycles. The van der Waals surface area contributed by atoms with Crippen LogP contribution >= 0.6 is 0 Å². The molecule has 9 heteroatoms. The number of nitrogens with zero attached hydrogens (tertiary/aromatic N) is 2. The molecule has 3 aliphatic rings. The molecular weight excluding hydrogens is 446 g/mol. The maximum atomic E-state index is 13.8. The summed E-state index contributed by atoms with van der Waals surface area (Å²) in [7, 11) is -8.06. The van der Waals surface area contributed by atoms with Crippen LogP contribution in [0.3, 0.4) is 0 Å². The number of fused-ring (bicyclic) bond motifs is 1. The zero-order chi connectivity index (χ0) is 22.3.